The number of aromatic nitrogens is 5. The molecule has 3 aromatic rings. The van der Waals surface area contributed by atoms with Crippen molar-refractivity contribution < 1.29 is 9.53 Å². The van der Waals surface area contributed by atoms with Crippen LogP contribution in [0.3, 0.4) is 0 Å². The molecule has 3 aromatic heterocycles. The lowest BCUT2D eigenvalue weighted by Crippen LogP contribution is -2.42. The molecule has 0 saturated carbocycles. The molecule has 1 spiro atoms. The van der Waals surface area contributed by atoms with Crippen LogP contribution in [0, 0.1) is 11.8 Å². The first-order valence-electron chi connectivity index (χ1n) is 10.0. The Morgan fingerprint density at radius 2 is 2.28 bits per heavy atom. The highest BCUT2D eigenvalue weighted by molar-refractivity contribution is 5.91. The summed E-state index contributed by atoms with van der Waals surface area (Å²) in [5.74, 6) is 1.32. The molecule has 4 atom stereocenters. The van der Waals surface area contributed by atoms with Gasteiger partial charge in [-0.3, -0.25) is 14.2 Å². The Kier molecular flexibility index (Phi) is 3.61. The Balaban J connectivity index is 1.21. The fourth-order valence-corrected chi connectivity index (χ4v) is 5.38. The molecular weight excluding hydrogens is 370 g/mol. The highest BCUT2D eigenvalue weighted by Gasteiger charge is 2.63. The molecule has 1 amide bonds. The quantitative estimate of drug-likeness (QED) is 0.707. The van der Waals surface area contributed by atoms with Crippen molar-refractivity contribution >= 4 is 17.5 Å². The second-order valence-corrected chi connectivity index (χ2v) is 8.14. The van der Waals surface area contributed by atoms with Gasteiger partial charge in [-0.2, -0.15) is 0 Å². The predicted octanol–water partition coefficient (Wildman–Crippen LogP) is 0.933. The summed E-state index contributed by atoms with van der Waals surface area (Å²) < 4.78 is 8.52. The Morgan fingerprint density at radius 1 is 1.31 bits per heavy atom. The van der Waals surface area contributed by atoms with Gasteiger partial charge >= 0.3 is 0 Å². The Hall–Kier alpha value is -3.07. The molecular formula is C20H21N7O2. The number of anilines is 1. The molecule has 3 fully saturated rings. The molecule has 6 rings (SSSR count). The van der Waals surface area contributed by atoms with Crippen LogP contribution >= 0.6 is 0 Å². The summed E-state index contributed by atoms with van der Waals surface area (Å²) in [7, 11) is 0. The normalized spacial score (nSPS) is 30.1. The van der Waals surface area contributed by atoms with Crippen LogP contribution in [0.5, 0.6) is 0 Å². The van der Waals surface area contributed by atoms with Gasteiger partial charge in [-0.25, -0.2) is 4.98 Å². The number of rotatable bonds is 4. The van der Waals surface area contributed by atoms with E-state index in [1.54, 1.807) is 6.20 Å². The molecule has 6 heterocycles. The third kappa shape index (κ3) is 2.53. The van der Waals surface area contributed by atoms with Crippen LogP contribution in [0.4, 0.5) is 5.95 Å². The number of fused-ring (bicyclic) bond motifs is 2. The van der Waals surface area contributed by atoms with Gasteiger partial charge in [0, 0.05) is 43.5 Å². The molecule has 3 aliphatic heterocycles. The molecule has 3 aliphatic rings. The van der Waals surface area contributed by atoms with Gasteiger partial charge in [0.05, 0.1) is 24.4 Å². The Labute approximate surface area is 167 Å². The van der Waals surface area contributed by atoms with E-state index in [1.165, 1.54) is 12.4 Å². The summed E-state index contributed by atoms with van der Waals surface area (Å²) in [6.45, 7) is 2.26. The summed E-state index contributed by atoms with van der Waals surface area (Å²) in [6, 6.07) is 5.91. The SMILES string of the molecule is O=C(NC[C@H]1[C@H]2CN(c3nnc4ccccn34)C[C@]23CC[C@H]1O3)c1cnccn1. The summed E-state index contributed by atoms with van der Waals surface area (Å²) in [6.07, 6.45) is 8.88. The highest BCUT2D eigenvalue weighted by atomic mass is 16.5. The largest absolute Gasteiger partial charge is 0.369 e. The number of pyridine rings is 1. The minimum Gasteiger partial charge on any atom is -0.369 e. The van der Waals surface area contributed by atoms with Crippen LogP contribution < -0.4 is 10.2 Å². The van der Waals surface area contributed by atoms with E-state index in [0.717, 1.165) is 37.5 Å². The molecule has 0 aromatic carbocycles. The zero-order valence-electron chi connectivity index (χ0n) is 15.8. The molecule has 0 unspecified atom stereocenters. The number of carbonyl (C=O) groups excluding carboxylic acids is 1. The van der Waals surface area contributed by atoms with Gasteiger partial charge < -0.3 is 15.0 Å². The molecule has 1 N–H and O–H groups in total. The summed E-state index contributed by atoms with van der Waals surface area (Å²) >= 11 is 0. The molecule has 29 heavy (non-hydrogen) atoms. The van der Waals surface area contributed by atoms with Crippen molar-refractivity contribution in [2.24, 2.45) is 11.8 Å². The minimum atomic E-state index is -0.187. The minimum absolute atomic E-state index is 0.146. The number of nitrogens with zero attached hydrogens (tertiary/aromatic N) is 6. The van der Waals surface area contributed by atoms with Crippen molar-refractivity contribution in [3.63, 3.8) is 0 Å². The van der Waals surface area contributed by atoms with Gasteiger partial charge in [-0.15, -0.1) is 10.2 Å². The predicted molar refractivity (Wildman–Crippen MR) is 103 cm³/mol. The van der Waals surface area contributed by atoms with E-state index in [9.17, 15) is 4.79 Å². The van der Waals surface area contributed by atoms with E-state index in [1.807, 2.05) is 28.8 Å². The van der Waals surface area contributed by atoms with Crippen LogP contribution in [0.25, 0.3) is 5.65 Å². The summed E-state index contributed by atoms with van der Waals surface area (Å²) in [5, 5.41) is 11.8. The maximum absolute atomic E-state index is 12.4. The van der Waals surface area contributed by atoms with E-state index in [2.05, 4.69) is 30.4 Å². The third-order valence-electron chi connectivity index (χ3n) is 6.66. The molecule has 9 heteroatoms. The number of amides is 1. The first-order chi connectivity index (χ1) is 14.2. The van der Waals surface area contributed by atoms with Gasteiger partial charge in [0.1, 0.15) is 5.69 Å². The lowest BCUT2D eigenvalue weighted by Gasteiger charge is -2.29. The van der Waals surface area contributed by atoms with Crippen molar-refractivity contribution in [2.75, 3.05) is 24.5 Å². The number of hydrogen-bond donors (Lipinski definition) is 1. The van der Waals surface area contributed by atoms with Crippen LogP contribution in [0.2, 0.25) is 0 Å². The van der Waals surface area contributed by atoms with Gasteiger partial charge in [-0.1, -0.05) is 6.07 Å². The molecule has 9 nitrogen and oxygen atoms in total. The van der Waals surface area contributed by atoms with Crippen molar-refractivity contribution in [1.82, 2.24) is 29.9 Å². The lowest BCUT2D eigenvalue weighted by molar-refractivity contribution is 0.0141. The average Bonchev–Trinajstić information content (AvgIpc) is 3.51. The summed E-state index contributed by atoms with van der Waals surface area (Å²) in [4.78, 5) is 22.7. The lowest BCUT2D eigenvalue weighted by atomic mass is 9.73. The average molecular weight is 391 g/mol. The van der Waals surface area contributed by atoms with E-state index >= 15 is 0 Å². The van der Waals surface area contributed by atoms with E-state index in [-0.39, 0.29) is 23.5 Å². The Morgan fingerprint density at radius 3 is 3.17 bits per heavy atom. The maximum atomic E-state index is 12.4. The standard InChI is InChI=1S/C20H21N7O2/c28-18(15-10-21-6-7-22-15)23-9-13-14-11-26(12-20(14)5-4-16(13)29-20)19-25-24-17-3-1-2-8-27(17)19/h1-3,6-8,10,13-14,16H,4-5,9,11-12H2,(H,23,28)/t13-,14+,16+,20+/m0/s1. The number of ether oxygens (including phenoxy) is 1. The highest BCUT2D eigenvalue weighted by Crippen LogP contribution is 2.55. The van der Waals surface area contributed by atoms with E-state index in [0.29, 0.717) is 18.2 Å². The molecule has 148 valence electrons. The topological polar surface area (TPSA) is 97.5 Å². The Bertz CT molecular complexity index is 1070. The fourth-order valence-electron chi connectivity index (χ4n) is 5.38. The van der Waals surface area contributed by atoms with Crippen molar-refractivity contribution in [3.8, 4) is 0 Å². The zero-order valence-corrected chi connectivity index (χ0v) is 15.8. The van der Waals surface area contributed by atoms with Crippen molar-refractivity contribution in [3.05, 3.63) is 48.7 Å². The third-order valence-corrected chi connectivity index (χ3v) is 6.66. The van der Waals surface area contributed by atoms with Gasteiger partial charge in [0.25, 0.3) is 5.91 Å². The monoisotopic (exact) mass is 391 g/mol. The maximum Gasteiger partial charge on any atom is 0.271 e. The number of carbonyl (C=O) groups is 1. The molecule has 2 bridgehead atoms. The van der Waals surface area contributed by atoms with E-state index < -0.39 is 0 Å². The van der Waals surface area contributed by atoms with Crippen molar-refractivity contribution in [1.29, 1.82) is 0 Å². The fraction of sp³-hybridized carbons (Fsp3) is 0.450. The first kappa shape index (κ1) is 16.8. The van der Waals surface area contributed by atoms with Crippen LogP contribution in [-0.4, -0.2) is 61.8 Å². The van der Waals surface area contributed by atoms with Crippen LogP contribution in [0.1, 0.15) is 23.3 Å². The molecule has 3 saturated heterocycles. The number of hydrogen-bond acceptors (Lipinski definition) is 7. The number of nitrogens with one attached hydrogen (secondary N) is 1. The second kappa shape index (κ2) is 6.21. The molecule has 0 aliphatic carbocycles. The second-order valence-electron chi connectivity index (χ2n) is 8.14. The van der Waals surface area contributed by atoms with Gasteiger partial charge in [0.2, 0.25) is 5.95 Å². The smallest absolute Gasteiger partial charge is 0.271 e. The van der Waals surface area contributed by atoms with Crippen molar-refractivity contribution in [2.45, 2.75) is 24.5 Å². The van der Waals surface area contributed by atoms with E-state index in [4.69, 9.17) is 4.74 Å². The first-order valence-corrected chi connectivity index (χ1v) is 10.0. The van der Waals surface area contributed by atoms with Gasteiger partial charge in [0.15, 0.2) is 5.65 Å². The van der Waals surface area contributed by atoms with Crippen LogP contribution in [0.15, 0.2) is 43.0 Å². The van der Waals surface area contributed by atoms with Gasteiger partial charge in [-0.05, 0) is 25.0 Å². The van der Waals surface area contributed by atoms with Crippen LogP contribution in [-0.2, 0) is 4.74 Å². The summed E-state index contributed by atoms with van der Waals surface area (Å²) in [5.41, 5.74) is 1.04. The zero-order chi connectivity index (χ0) is 19.4. The molecule has 0 radical (unpaired) electrons.